The third kappa shape index (κ3) is 7.86. The SMILES string of the molecule is COCCNC(=O)c1ccccc1NC(=O)CCCN(c1cccc(Cl)c1)S(C)(=O)=O. The molecule has 0 aliphatic rings. The van der Waals surface area contributed by atoms with Gasteiger partial charge in [-0.25, -0.2) is 8.42 Å². The summed E-state index contributed by atoms with van der Waals surface area (Å²) < 4.78 is 30.5. The van der Waals surface area contributed by atoms with Gasteiger partial charge in [-0.3, -0.25) is 13.9 Å². The van der Waals surface area contributed by atoms with Gasteiger partial charge in [0.2, 0.25) is 15.9 Å². The summed E-state index contributed by atoms with van der Waals surface area (Å²) in [6.07, 6.45) is 1.46. The van der Waals surface area contributed by atoms with Crippen LogP contribution in [0.1, 0.15) is 23.2 Å². The first-order chi connectivity index (χ1) is 14.7. The van der Waals surface area contributed by atoms with Crippen molar-refractivity contribution >= 4 is 44.8 Å². The zero-order chi connectivity index (χ0) is 22.9. The van der Waals surface area contributed by atoms with Gasteiger partial charge >= 0.3 is 0 Å². The number of benzene rings is 2. The summed E-state index contributed by atoms with van der Waals surface area (Å²) in [4.78, 5) is 24.7. The van der Waals surface area contributed by atoms with Gasteiger partial charge in [-0.1, -0.05) is 29.8 Å². The minimum atomic E-state index is -3.54. The zero-order valence-electron chi connectivity index (χ0n) is 17.4. The number of nitrogens with zero attached hydrogens (tertiary/aromatic N) is 1. The molecule has 0 aliphatic carbocycles. The average Bonchev–Trinajstić information content (AvgIpc) is 2.70. The van der Waals surface area contributed by atoms with Gasteiger partial charge in [-0.2, -0.15) is 0 Å². The largest absolute Gasteiger partial charge is 0.383 e. The van der Waals surface area contributed by atoms with E-state index in [1.807, 2.05) is 0 Å². The molecule has 0 atom stereocenters. The molecule has 0 aromatic heterocycles. The molecule has 2 N–H and O–H groups in total. The number of carbonyl (C=O) groups is 2. The smallest absolute Gasteiger partial charge is 0.253 e. The molecule has 2 amide bonds. The number of sulfonamides is 1. The molecular formula is C21H26ClN3O5S. The fourth-order valence-corrected chi connectivity index (χ4v) is 4.01. The molecule has 0 heterocycles. The highest BCUT2D eigenvalue weighted by atomic mass is 35.5. The van der Waals surface area contributed by atoms with Crippen LogP contribution < -0.4 is 14.9 Å². The molecule has 168 valence electrons. The summed E-state index contributed by atoms with van der Waals surface area (Å²) in [5.41, 5.74) is 1.16. The Labute approximate surface area is 187 Å². The third-order valence-electron chi connectivity index (χ3n) is 4.30. The second-order valence-corrected chi connectivity index (χ2v) is 9.10. The van der Waals surface area contributed by atoms with Crippen LogP contribution in [-0.4, -0.2) is 53.3 Å². The predicted octanol–water partition coefficient (Wildman–Crippen LogP) is 2.90. The highest BCUT2D eigenvalue weighted by Crippen LogP contribution is 2.22. The number of para-hydroxylation sites is 1. The minimum absolute atomic E-state index is 0.0756. The molecule has 10 heteroatoms. The number of amides is 2. The van der Waals surface area contributed by atoms with Gasteiger partial charge in [0.05, 0.1) is 29.8 Å². The van der Waals surface area contributed by atoms with Crippen LogP contribution in [0.4, 0.5) is 11.4 Å². The van der Waals surface area contributed by atoms with E-state index in [1.54, 1.807) is 48.5 Å². The molecule has 2 aromatic rings. The van der Waals surface area contributed by atoms with Crippen molar-refractivity contribution in [1.82, 2.24) is 5.32 Å². The molecular weight excluding hydrogens is 442 g/mol. The maximum absolute atomic E-state index is 12.4. The van der Waals surface area contributed by atoms with Crippen molar-refractivity contribution in [3.63, 3.8) is 0 Å². The zero-order valence-corrected chi connectivity index (χ0v) is 19.0. The van der Waals surface area contributed by atoms with E-state index >= 15 is 0 Å². The van der Waals surface area contributed by atoms with Gasteiger partial charge in [-0.15, -0.1) is 0 Å². The first-order valence-corrected chi connectivity index (χ1v) is 11.8. The molecule has 0 aliphatic heterocycles. The lowest BCUT2D eigenvalue weighted by Gasteiger charge is -2.22. The highest BCUT2D eigenvalue weighted by molar-refractivity contribution is 7.92. The first-order valence-electron chi connectivity index (χ1n) is 9.61. The summed E-state index contributed by atoms with van der Waals surface area (Å²) in [6.45, 7) is 0.845. The standard InChI is InChI=1S/C21H26ClN3O5S/c1-30-14-12-23-21(27)18-9-3-4-10-19(18)24-20(26)11-6-13-25(31(2,28)29)17-8-5-7-16(22)15-17/h3-5,7-10,15H,6,11-14H2,1-2H3,(H,23,27)(H,24,26). The second-order valence-electron chi connectivity index (χ2n) is 6.76. The Morgan fingerprint density at radius 3 is 2.55 bits per heavy atom. The lowest BCUT2D eigenvalue weighted by molar-refractivity contribution is -0.116. The van der Waals surface area contributed by atoms with E-state index in [4.69, 9.17) is 16.3 Å². The van der Waals surface area contributed by atoms with Crippen LogP contribution in [0.3, 0.4) is 0 Å². The number of anilines is 2. The van der Waals surface area contributed by atoms with Crippen molar-refractivity contribution in [2.75, 3.05) is 42.7 Å². The number of hydrogen-bond acceptors (Lipinski definition) is 5. The minimum Gasteiger partial charge on any atom is -0.383 e. The Kier molecular flexibility index (Phi) is 9.29. The number of nitrogens with one attached hydrogen (secondary N) is 2. The summed E-state index contributed by atoms with van der Waals surface area (Å²) in [6, 6.07) is 13.2. The maximum atomic E-state index is 12.4. The van der Waals surface area contributed by atoms with E-state index in [-0.39, 0.29) is 31.2 Å². The summed E-state index contributed by atoms with van der Waals surface area (Å²) >= 11 is 5.97. The summed E-state index contributed by atoms with van der Waals surface area (Å²) in [5, 5.41) is 5.86. The van der Waals surface area contributed by atoms with Gasteiger partial charge < -0.3 is 15.4 Å². The van der Waals surface area contributed by atoms with Crippen molar-refractivity contribution < 1.29 is 22.7 Å². The van der Waals surface area contributed by atoms with Crippen molar-refractivity contribution in [3.05, 3.63) is 59.1 Å². The lowest BCUT2D eigenvalue weighted by Crippen LogP contribution is -2.31. The maximum Gasteiger partial charge on any atom is 0.253 e. The normalized spacial score (nSPS) is 11.1. The first kappa shape index (κ1) is 24.6. The molecule has 2 rings (SSSR count). The number of halogens is 1. The number of hydrogen-bond donors (Lipinski definition) is 2. The van der Waals surface area contributed by atoms with E-state index < -0.39 is 10.0 Å². The molecule has 8 nitrogen and oxygen atoms in total. The quantitative estimate of drug-likeness (QED) is 0.494. The lowest BCUT2D eigenvalue weighted by atomic mass is 10.1. The van der Waals surface area contributed by atoms with Gasteiger partial charge in [0, 0.05) is 31.6 Å². The van der Waals surface area contributed by atoms with Gasteiger partial charge in [0.1, 0.15) is 0 Å². The summed E-state index contributed by atoms with van der Waals surface area (Å²) in [7, 11) is -2.00. The number of ether oxygens (including phenoxy) is 1. The molecule has 0 unspecified atom stereocenters. The molecule has 31 heavy (non-hydrogen) atoms. The van der Waals surface area contributed by atoms with Crippen LogP contribution in [0.2, 0.25) is 5.02 Å². The second kappa shape index (κ2) is 11.7. The molecule has 0 saturated carbocycles. The molecule has 0 bridgehead atoms. The Bertz CT molecular complexity index is 1010. The molecule has 0 fully saturated rings. The molecule has 0 spiro atoms. The van der Waals surface area contributed by atoms with E-state index in [0.717, 1.165) is 6.26 Å². The van der Waals surface area contributed by atoms with Gasteiger partial charge in [0.25, 0.3) is 5.91 Å². The molecule has 0 saturated heterocycles. The predicted molar refractivity (Wildman–Crippen MR) is 122 cm³/mol. The number of carbonyl (C=O) groups excluding carboxylic acids is 2. The molecule has 2 aromatic carbocycles. The molecule has 0 radical (unpaired) electrons. The van der Waals surface area contributed by atoms with Crippen molar-refractivity contribution in [2.45, 2.75) is 12.8 Å². The van der Waals surface area contributed by atoms with Crippen molar-refractivity contribution in [2.24, 2.45) is 0 Å². The fraction of sp³-hybridized carbons (Fsp3) is 0.333. The van der Waals surface area contributed by atoms with E-state index in [1.165, 1.54) is 11.4 Å². The Morgan fingerprint density at radius 1 is 1.13 bits per heavy atom. The fourth-order valence-electron chi connectivity index (χ4n) is 2.87. The number of rotatable bonds is 11. The van der Waals surface area contributed by atoms with Crippen LogP contribution in [0.25, 0.3) is 0 Å². The van der Waals surface area contributed by atoms with Crippen LogP contribution in [0.5, 0.6) is 0 Å². The van der Waals surface area contributed by atoms with Gasteiger partial charge in [0.15, 0.2) is 0 Å². The Morgan fingerprint density at radius 2 is 1.87 bits per heavy atom. The number of methoxy groups -OCH3 is 1. The Hall–Kier alpha value is -2.62. The van der Waals surface area contributed by atoms with Crippen LogP contribution in [-0.2, 0) is 19.6 Å². The van der Waals surface area contributed by atoms with Crippen molar-refractivity contribution in [3.8, 4) is 0 Å². The highest BCUT2D eigenvalue weighted by Gasteiger charge is 2.18. The Balaban J connectivity index is 1.98. The average molecular weight is 468 g/mol. The monoisotopic (exact) mass is 467 g/mol. The van der Waals surface area contributed by atoms with E-state index in [9.17, 15) is 18.0 Å². The van der Waals surface area contributed by atoms with E-state index in [2.05, 4.69) is 10.6 Å². The topological polar surface area (TPSA) is 105 Å². The van der Waals surface area contributed by atoms with Crippen LogP contribution >= 0.6 is 11.6 Å². The van der Waals surface area contributed by atoms with Crippen LogP contribution in [0, 0.1) is 0 Å². The third-order valence-corrected chi connectivity index (χ3v) is 5.73. The summed E-state index contributed by atoms with van der Waals surface area (Å²) in [5.74, 6) is -0.645. The van der Waals surface area contributed by atoms with E-state index in [0.29, 0.717) is 35.1 Å². The van der Waals surface area contributed by atoms with Crippen molar-refractivity contribution in [1.29, 1.82) is 0 Å². The van der Waals surface area contributed by atoms with Gasteiger partial charge in [-0.05, 0) is 36.8 Å². The van der Waals surface area contributed by atoms with Crippen LogP contribution in [0.15, 0.2) is 48.5 Å².